The van der Waals surface area contributed by atoms with Crippen LogP contribution < -0.4 is 5.48 Å². The summed E-state index contributed by atoms with van der Waals surface area (Å²) in [6.45, 7) is 1.69. The summed E-state index contributed by atoms with van der Waals surface area (Å²) in [5, 5.41) is 9.54. The highest BCUT2D eigenvalue weighted by atomic mass is 127. The fraction of sp³-hybridized carbons (Fsp3) is 0.222. The number of thiophene rings is 1. The first kappa shape index (κ1) is 19.2. The number of fused-ring (bicyclic) bond motifs is 1. The van der Waals surface area contributed by atoms with Crippen LogP contribution in [-0.2, 0) is 11.3 Å². The van der Waals surface area contributed by atoms with Crippen molar-refractivity contribution in [2.45, 2.75) is 13.3 Å². The Morgan fingerprint density at radius 3 is 2.96 bits per heavy atom. The summed E-state index contributed by atoms with van der Waals surface area (Å²) in [7, 11) is 0. The van der Waals surface area contributed by atoms with Crippen molar-refractivity contribution in [1.29, 1.82) is 0 Å². The van der Waals surface area contributed by atoms with Gasteiger partial charge in [0.2, 0.25) is 0 Å². The van der Waals surface area contributed by atoms with Crippen LogP contribution >= 0.6 is 33.9 Å². The minimum atomic E-state index is -0.429. The number of hydroxylamine groups is 1. The van der Waals surface area contributed by atoms with Crippen molar-refractivity contribution in [1.82, 2.24) is 10.5 Å². The Hall–Kier alpha value is -1.62. The van der Waals surface area contributed by atoms with Crippen molar-refractivity contribution >= 4 is 50.1 Å². The minimum absolute atomic E-state index is 0.00781. The van der Waals surface area contributed by atoms with Gasteiger partial charge in [-0.2, -0.15) is 0 Å². The molecule has 5 nitrogen and oxygen atoms in total. The summed E-state index contributed by atoms with van der Waals surface area (Å²) in [5.41, 5.74) is 4.20. The molecule has 0 bridgehead atoms. The summed E-state index contributed by atoms with van der Waals surface area (Å²) in [5.74, 6) is -0.733. The van der Waals surface area contributed by atoms with Crippen molar-refractivity contribution in [2.75, 3.05) is 13.2 Å². The lowest BCUT2D eigenvalue weighted by Crippen LogP contribution is -2.26. The summed E-state index contributed by atoms with van der Waals surface area (Å²) in [4.78, 5) is 23.4. The molecule has 0 unspecified atom stereocenters. The largest absolute Gasteiger partial charge is 0.394 e. The van der Waals surface area contributed by atoms with E-state index in [-0.39, 0.29) is 25.5 Å². The molecule has 136 valence electrons. The van der Waals surface area contributed by atoms with E-state index in [4.69, 9.17) is 9.94 Å². The lowest BCUT2D eigenvalue weighted by molar-refractivity contribution is 0.0169. The Morgan fingerprint density at radius 2 is 2.23 bits per heavy atom. The van der Waals surface area contributed by atoms with Gasteiger partial charge in [-0.05, 0) is 58.8 Å². The molecule has 0 aliphatic carbocycles. The van der Waals surface area contributed by atoms with Gasteiger partial charge in [0, 0.05) is 26.5 Å². The SMILES string of the molecule is Cc1ccnc2sc(Cc3ccc(I)cc3F)c(C(=O)NOCCO)c12. The number of aryl methyl sites for hydroxylation is 1. The molecule has 0 saturated heterocycles. The highest BCUT2D eigenvalue weighted by molar-refractivity contribution is 14.1. The normalized spacial score (nSPS) is 11.1. The van der Waals surface area contributed by atoms with E-state index in [9.17, 15) is 9.18 Å². The molecule has 2 N–H and O–H groups in total. The molecule has 0 radical (unpaired) electrons. The van der Waals surface area contributed by atoms with Gasteiger partial charge >= 0.3 is 0 Å². The number of aliphatic hydroxyl groups is 1. The first-order valence-electron chi connectivity index (χ1n) is 7.85. The third kappa shape index (κ3) is 4.03. The van der Waals surface area contributed by atoms with E-state index < -0.39 is 5.91 Å². The average Bonchev–Trinajstić information content (AvgIpc) is 2.97. The molecule has 26 heavy (non-hydrogen) atoms. The third-order valence-corrected chi connectivity index (χ3v) is 5.59. The molecule has 3 rings (SSSR count). The van der Waals surface area contributed by atoms with Crippen LogP contribution in [0.2, 0.25) is 0 Å². The number of hydrogen-bond acceptors (Lipinski definition) is 5. The molecule has 3 aromatic rings. The number of aromatic nitrogens is 1. The van der Waals surface area contributed by atoms with Crippen LogP contribution in [-0.4, -0.2) is 29.2 Å². The number of nitrogens with zero attached hydrogens (tertiary/aromatic N) is 1. The molecule has 1 aromatic carbocycles. The standard InChI is InChI=1S/C18H16FIN2O3S/c1-10-4-5-21-18-15(10)16(17(24)22-25-7-6-23)14(26-18)8-11-2-3-12(20)9-13(11)19/h2-5,9,23H,6-8H2,1H3,(H,22,24). The maximum Gasteiger partial charge on any atom is 0.276 e. The van der Waals surface area contributed by atoms with E-state index in [1.165, 1.54) is 17.4 Å². The quantitative estimate of drug-likeness (QED) is 0.318. The highest BCUT2D eigenvalue weighted by Crippen LogP contribution is 2.34. The fourth-order valence-corrected chi connectivity index (χ4v) is 4.33. The van der Waals surface area contributed by atoms with Crippen LogP contribution in [0.5, 0.6) is 0 Å². The molecule has 1 amide bonds. The highest BCUT2D eigenvalue weighted by Gasteiger charge is 2.22. The predicted molar refractivity (Wildman–Crippen MR) is 107 cm³/mol. The number of amides is 1. The molecular weight excluding hydrogens is 470 g/mol. The maximum absolute atomic E-state index is 14.3. The van der Waals surface area contributed by atoms with Gasteiger partial charge in [0.15, 0.2) is 0 Å². The number of benzene rings is 1. The second-order valence-corrected chi connectivity index (χ2v) is 7.95. The van der Waals surface area contributed by atoms with Crippen LogP contribution in [0.15, 0.2) is 30.5 Å². The van der Waals surface area contributed by atoms with Gasteiger partial charge in [-0.25, -0.2) is 14.9 Å². The van der Waals surface area contributed by atoms with E-state index in [0.717, 1.165) is 19.4 Å². The number of nitrogens with one attached hydrogen (secondary N) is 1. The zero-order chi connectivity index (χ0) is 18.7. The first-order valence-corrected chi connectivity index (χ1v) is 9.74. The maximum atomic E-state index is 14.3. The number of halogens is 2. The molecule has 0 aliphatic rings. The molecule has 2 aromatic heterocycles. The van der Waals surface area contributed by atoms with Crippen molar-refractivity contribution < 1.29 is 19.1 Å². The Kier molecular flexibility index (Phi) is 6.17. The van der Waals surface area contributed by atoms with Gasteiger partial charge in [0.05, 0.1) is 18.8 Å². The second-order valence-electron chi connectivity index (χ2n) is 5.62. The van der Waals surface area contributed by atoms with Gasteiger partial charge in [0.1, 0.15) is 10.6 Å². The van der Waals surface area contributed by atoms with Crippen molar-refractivity contribution in [3.63, 3.8) is 0 Å². The van der Waals surface area contributed by atoms with Crippen LogP contribution in [0.1, 0.15) is 26.4 Å². The van der Waals surface area contributed by atoms with Crippen molar-refractivity contribution in [3.05, 3.63) is 61.4 Å². The fourth-order valence-electron chi connectivity index (χ4n) is 2.64. The van der Waals surface area contributed by atoms with E-state index >= 15 is 0 Å². The Morgan fingerprint density at radius 1 is 1.42 bits per heavy atom. The van der Waals surface area contributed by atoms with Gasteiger partial charge in [-0.3, -0.25) is 9.63 Å². The van der Waals surface area contributed by atoms with Crippen LogP contribution in [0, 0.1) is 16.3 Å². The van der Waals surface area contributed by atoms with E-state index in [1.807, 2.05) is 19.1 Å². The number of aliphatic hydroxyl groups excluding tert-OH is 1. The first-order chi connectivity index (χ1) is 12.5. The van der Waals surface area contributed by atoms with E-state index in [0.29, 0.717) is 16.0 Å². The van der Waals surface area contributed by atoms with Crippen LogP contribution in [0.3, 0.4) is 0 Å². The van der Waals surface area contributed by atoms with E-state index in [1.54, 1.807) is 12.3 Å². The van der Waals surface area contributed by atoms with Crippen LogP contribution in [0.25, 0.3) is 10.2 Å². The molecular formula is C18H16FIN2O3S. The van der Waals surface area contributed by atoms with Gasteiger partial charge < -0.3 is 5.11 Å². The van der Waals surface area contributed by atoms with Crippen molar-refractivity contribution in [2.24, 2.45) is 0 Å². The summed E-state index contributed by atoms with van der Waals surface area (Å²) >= 11 is 3.42. The number of carbonyl (C=O) groups is 1. The third-order valence-electron chi connectivity index (χ3n) is 3.82. The smallest absolute Gasteiger partial charge is 0.276 e. The summed E-state index contributed by atoms with van der Waals surface area (Å²) in [6.07, 6.45) is 1.97. The van der Waals surface area contributed by atoms with E-state index in [2.05, 4.69) is 33.1 Å². The lowest BCUT2D eigenvalue weighted by Gasteiger charge is -2.08. The molecule has 8 heteroatoms. The number of pyridine rings is 1. The Labute approximate surface area is 167 Å². The molecule has 0 saturated carbocycles. The topological polar surface area (TPSA) is 71.5 Å². The van der Waals surface area contributed by atoms with Crippen molar-refractivity contribution in [3.8, 4) is 0 Å². The van der Waals surface area contributed by atoms with Gasteiger partial charge in [-0.15, -0.1) is 11.3 Å². The summed E-state index contributed by atoms with van der Waals surface area (Å²) < 4.78 is 15.1. The zero-order valence-corrected chi connectivity index (χ0v) is 16.9. The minimum Gasteiger partial charge on any atom is -0.394 e. The monoisotopic (exact) mass is 486 g/mol. The molecule has 0 spiro atoms. The van der Waals surface area contributed by atoms with Gasteiger partial charge in [-0.1, -0.05) is 6.07 Å². The lowest BCUT2D eigenvalue weighted by atomic mass is 10.0. The molecule has 0 fully saturated rings. The second kappa shape index (κ2) is 8.38. The van der Waals surface area contributed by atoms with Gasteiger partial charge in [0.25, 0.3) is 5.91 Å². The number of hydrogen-bond donors (Lipinski definition) is 2. The molecule has 2 heterocycles. The number of rotatable bonds is 6. The number of carbonyl (C=O) groups excluding carboxylic acids is 1. The summed E-state index contributed by atoms with van der Waals surface area (Å²) in [6, 6.07) is 6.86. The Balaban J connectivity index is 2.04. The average molecular weight is 486 g/mol. The molecule has 0 atom stereocenters. The van der Waals surface area contributed by atoms with Crippen LogP contribution in [0.4, 0.5) is 4.39 Å². The zero-order valence-electron chi connectivity index (χ0n) is 13.9. The molecule has 0 aliphatic heterocycles. The predicted octanol–water partition coefficient (Wildman–Crippen LogP) is 3.59. The Bertz CT molecular complexity index is 961.